The summed E-state index contributed by atoms with van der Waals surface area (Å²) in [7, 11) is 0. The molecule has 1 aliphatic heterocycles. The first-order valence-electron chi connectivity index (χ1n) is 4.80. The van der Waals surface area contributed by atoms with Crippen molar-refractivity contribution < 1.29 is 19.4 Å². The summed E-state index contributed by atoms with van der Waals surface area (Å²) in [4.78, 5) is 11.9. The molecule has 5 heteroatoms. The standard InChI is InChI=1S/C9H14FNO3/c10-4-6-1-9(2-7(12)3-9)5-11(6)8(13)14/h6-7,12H,1-5H2,(H,13,14). The maximum absolute atomic E-state index is 12.5. The van der Waals surface area contributed by atoms with E-state index in [0.717, 1.165) is 0 Å². The zero-order chi connectivity index (χ0) is 10.3. The number of aliphatic hydroxyl groups excluding tert-OH is 1. The van der Waals surface area contributed by atoms with Gasteiger partial charge in [-0.15, -0.1) is 0 Å². The van der Waals surface area contributed by atoms with Gasteiger partial charge in [0.15, 0.2) is 0 Å². The molecule has 1 atom stereocenters. The van der Waals surface area contributed by atoms with Crippen LogP contribution in [0.15, 0.2) is 0 Å². The van der Waals surface area contributed by atoms with E-state index in [2.05, 4.69) is 0 Å². The van der Waals surface area contributed by atoms with Gasteiger partial charge in [0, 0.05) is 6.54 Å². The summed E-state index contributed by atoms with van der Waals surface area (Å²) in [6.07, 6.45) is 0.433. The number of carboxylic acid groups (broad SMARTS) is 1. The number of rotatable bonds is 1. The number of alkyl halides is 1. The van der Waals surface area contributed by atoms with Crippen molar-refractivity contribution in [2.24, 2.45) is 5.41 Å². The quantitative estimate of drug-likeness (QED) is 0.664. The molecule has 1 aliphatic carbocycles. The van der Waals surface area contributed by atoms with E-state index in [0.29, 0.717) is 25.8 Å². The second-order valence-electron chi connectivity index (χ2n) is 4.48. The number of aliphatic hydroxyl groups is 1. The summed E-state index contributed by atoms with van der Waals surface area (Å²) in [5, 5.41) is 18.0. The monoisotopic (exact) mass is 203 g/mol. The van der Waals surface area contributed by atoms with Crippen LogP contribution < -0.4 is 0 Å². The van der Waals surface area contributed by atoms with Crippen LogP contribution in [-0.2, 0) is 0 Å². The van der Waals surface area contributed by atoms with Gasteiger partial charge in [-0.05, 0) is 24.7 Å². The zero-order valence-corrected chi connectivity index (χ0v) is 7.82. The maximum atomic E-state index is 12.5. The van der Waals surface area contributed by atoms with Gasteiger partial charge in [0.2, 0.25) is 0 Å². The van der Waals surface area contributed by atoms with Gasteiger partial charge in [0.25, 0.3) is 0 Å². The molecular formula is C9H14FNO3. The molecule has 1 unspecified atom stereocenters. The Kier molecular flexibility index (Phi) is 2.14. The Labute approximate surface area is 81.3 Å². The number of carbonyl (C=O) groups is 1. The largest absolute Gasteiger partial charge is 0.465 e. The fraction of sp³-hybridized carbons (Fsp3) is 0.889. The van der Waals surface area contributed by atoms with Gasteiger partial charge in [0.1, 0.15) is 6.67 Å². The lowest BCUT2D eigenvalue weighted by Gasteiger charge is -2.42. The van der Waals surface area contributed by atoms with Crippen molar-refractivity contribution in [3.8, 4) is 0 Å². The molecule has 4 nitrogen and oxygen atoms in total. The van der Waals surface area contributed by atoms with E-state index in [1.807, 2.05) is 0 Å². The van der Waals surface area contributed by atoms with Gasteiger partial charge in [-0.25, -0.2) is 9.18 Å². The highest BCUT2D eigenvalue weighted by Crippen LogP contribution is 2.50. The number of halogens is 1. The van der Waals surface area contributed by atoms with E-state index < -0.39 is 18.8 Å². The van der Waals surface area contributed by atoms with Crippen LogP contribution in [-0.4, -0.2) is 46.6 Å². The van der Waals surface area contributed by atoms with E-state index in [1.54, 1.807) is 0 Å². The molecule has 0 aromatic rings. The van der Waals surface area contributed by atoms with Crippen LogP contribution in [0.4, 0.5) is 9.18 Å². The highest BCUT2D eigenvalue weighted by Gasteiger charge is 2.52. The first-order valence-corrected chi connectivity index (χ1v) is 4.80. The Morgan fingerprint density at radius 3 is 2.50 bits per heavy atom. The highest BCUT2D eigenvalue weighted by atomic mass is 19.1. The number of nitrogens with zero attached hydrogens (tertiary/aromatic N) is 1. The maximum Gasteiger partial charge on any atom is 0.407 e. The Balaban J connectivity index is 2.05. The van der Waals surface area contributed by atoms with Crippen molar-refractivity contribution in [2.45, 2.75) is 31.4 Å². The molecule has 0 aromatic heterocycles. The molecule has 2 rings (SSSR count). The predicted octanol–water partition coefficient (Wildman–Crippen LogP) is 0.849. The van der Waals surface area contributed by atoms with Crippen molar-refractivity contribution in [2.75, 3.05) is 13.2 Å². The van der Waals surface area contributed by atoms with E-state index in [1.165, 1.54) is 4.90 Å². The van der Waals surface area contributed by atoms with Gasteiger partial charge in [0.05, 0.1) is 12.1 Å². The summed E-state index contributed by atoms with van der Waals surface area (Å²) >= 11 is 0. The van der Waals surface area contributed by atoms with E-state index >= 15 is 0 Å². The SMILES string of the molecule is O=C(O)N1CC2(CC(O)C2)CC1CF. The minimum atomic E-state index is -1.05. The number of amides is 1. The average molecular weight is 203 g/mol. The van der Waals surface area contributed by atoms with Crippen molar-refractivity contribution in [1.82, 2.24) is 4.90 Å². The molecule has 1 spiro atoms. The Hall–Kier alpha value is -0.840. The molecule has 1 heterocycles. The molecule has 1 saturated carbocycles. The van der Waals surface area contributed by atoms with Crippen molar-refractivity contribution in [3.05, 3.63) is 0 Å². The molecule has 2 aliphatic rings. The fourth-order valence-corrected chi connectivity index (χ4v) is 2.76. The molecule has 80 valence electrons. The third-order valence-electron chi connectivity index (χ3n) is 3.38. The lowest BCUT2D eigenvalue weighted by molar-refractivity contribution is -0.0247. The third kappa shape index (κ3) is 1.35. The molecule has 0 aromatic carbocycles. The molecular weight excluding hydrogens is 189 g/mol. The molecule has 2 fully saturated rings. The number of likely N-dealkylation sites (tertiary alicyclic amines) is 1. The minimum Gasteiger partial charge on any atom is -0.465 e. The summed E-state index contributed by atoms with van der Waals surface area (Å²) in [5.74, 6) is 0. The van der Waals surface area contributed by atoms with Crippen LogP contribution in [0.2, 0.25) is 0 Å². The topological polar surface area (TPSA) is 60.8 Å². The van der Waals surface area contributed by atoms with Gasteiger partial charge in [-0.1, -0.05) is 0 Å². The van der Waals surface area contributed by atoms with Gasteiger partial charge >= 0.3 is 6.09 Å². The van der Waals surface area contributed by atoms with Crippen LogP contribution in [0, 0.1) is 5.41 Å². The Bertz CT molecular complexity index is 252. The Morgan fingerprint density at radius 1 is 1.50 bits per heavy atom. The minimum absolute atomic E-state index is 0.130. The zero-order valence-electron chi connectivity index (χ0n) is 7.82. The van der Waals surface area contributed by atoms with E-state index in [9.17, 15) is 14.3 Å². The lowest BCUT2D eigenvalue weighted by atomic mass is 9.66. The lowest BCUT2D eigenvalue weighted by Crippen LogP contribution is -2.43. The normalized spacial score (nSPS) is 41.4. The second kappa shape index (κ2) is 3.08. The first-order chi connectivity index (χ1) is 6.56. The van der Waals surface area contributed by atoms with Gasteiger partial charge < -0.3 is 15.1 Å². The molecule has 14 heavy (non-hydrogen) atoms. The molecule has 1 saturated heterocycles. The predicted molar refractivity (Wildman–Crippen MR) is 46.8 cm³/mol. The van der Waals surface area contributed by atoms with E-state index in [-0.39, 0.29) is 11.5 Å². The second-order valence-corrected chi connectivity index (χ2v) is 4.48. The van der Waals surface area contributed by atoms with Crippen molar-refractivity contribution in [3.63, 3.8) is 0 Å². The summed E-state index contributed by atoms with van der Waals surface area (Å²) < 4.78 is 12.5. The van der Waals surface area contributed by atoms with Crippen molar-refractivity contribution in [1.29, 1.82) is 0 Å². The van der Waals surface area contributed by atoms with Crippen LogP contribution in [0.1, 0.15) is 19.3 Å². The van der Waals surface area contributed by atoms with Crippen molar-refractivity contribution >= 4 is 6.09 Å². The molecule has 0 radical (unpaired) electrons. The van der Waals surface area contributed by atoms with Crippen LogP contribution in [0.3, 0.4) is 0 Å². The highest BCUT2D eigenvalue weighted by molar-refractivity contribution is 5.66. The Morgan fingerprint density at radius 2 is 2.14 bits per heavy atom. The van der Waals surface area contributed by atoms with E-state index in [4.69, 9.17) is 5.11 Å². The summed E-state index contributed by atoms with van der Waals surface area (Å²) in [5.41, 5.74) is -0.130. The van der Waals surface area contributed by atoms with Crippen LogP contribution in [0.25, 0.3) is 0 Å². The molecule has 0 bridgehead atoms. The summed E-state index contributed by atoms with van der Waals surface area (Å²) in [6, 6.07) is -0.500. The van der Waals surface area contributed by atoms with Gasteiger partial charge in [-0.2, -0.15) is 0 Å². The average Bonchev–Trinajstić information content (AvgIpc) is 2.43. The smallest absolute Gasteiger partial charge is 0.407 e. The van der Waals surface area contributed by atoms with Gasteiger partial charge in [-0.3, -0.25) is 0 Å². The van der Waals surface area contributed by atoms with Crippen LogP contribution >= 0.6 is 0 Å². The molecule has 2 N–H and O–H groups in total. The third-order valence-corrected chi connectivity index (χ3v) is 3.38. The van der Waals surface area contributed by atoms with Crippen LogP contribution in [0.5, 0.6) is 0 Å². The fourth-order valence-electron chi connectivity index (χ4n) is 2.76. The number of hydrogen-bond donors (Lipinski definition) is 2. The number of hydrogen-bond acceptors (Lipinski definition) is 2. The first kappa shape index (κ1) is 9.71. The molecule has 1 amide bonds. The summed E-state index contributed by atoms with van der Waals surface area (Å²) in [6.45, 7) is -0.238.